The lowest BCUT2D eigenvalue weighted by molar-refractivity contribution is 0.481. The summed E-state index contributed by atoms with van der Waals surface area (Å²) < 4.78 is 2.23. The number of imidazole rings is 1. The Labute approximate surface area is 127 Å². The standard InChI is InChI=1S/C18H27N3/c1-6-14-7-8-17-16(10-14)20-18(15(19)9-12(2)3)21(17)11-13(4)5/h7-8,10,12,15H,4,6,9,11,19H2,1-3,5H3. The molecule has 2 aromatic rings. The molecular weight excluding hydrogens is 258 g/mol. The van der Waals surface area contributed by atoms with E-state index in [9.17, 15) is 0 Å². The molecule has 0 aliphatic carbocycles. The first-order valence-electron chi connectivity index (χ1n) is 7.81. The molecule has 2 rings (SSSR count). The minimum absolute atomic E-state index is 0.0261. The highest BCUT2D eigenvalue weighted by Gasteiger charge is 2.18. The quantitative estimate of drug-likeness (QED) is 0.807. The number of hydrogen-bond acceptors (Lipinski definition) is 2. The number of aromatic nitrogens is 2. The third kappa shape index (κ3) is 3.53. The minimum atomic E-state index is -0.0261. The van der Waals surface area contributed by atoms with Crippen molar-refractivity contribution in [2.45, 2.75) is 53.1 Å². The van der Waals surface area contributed by atoms with Gasteiger partial charge in [-0.15, -0.1) is 0 Å². The molecular formula is C18H27N3. The van der Waals surface area contributed by atoms with Gasteiger partial charge in [0, 0.05) is 6.54 Å². The molecule has 0 saturated carbocycles. The van der Waals surface area contributed by atoms with E-state index in [1.54, 1.807) is 0 Å². The molecule has 0 bridgehead atoms. The second-order valence-electron chi connectivity index (χ2n) is 6.43. The number of rotatable bonds is 6. The van der Waals surface area contributed by atoms with Crippen molar-refractivity contribution in [1.82, 2.24) is 9.55 Å². The van der Waals surface area contributed by atoms with Crippen LogP contribution in [0.4, 0.5) is 0 Å². The van der Waals surface area contributed by atoms with Crippen molar-refractivity contribution in [3.8, 4) is 0 Å². The van der Waals surface area contributed by atoms with E-state index in [0.29, 0.717) is 5.92 Å². The summed E-state index contributed by atoms with van der Waals surface area (Å²) in [5.41, 5.74) is 11.0. The number of nitrogens with zero attached hydrogens (tertiary/aromatic N) is 2. The van der Waals surface area contributed by atoms with Gasteiger partial charge in [-0.05, 0) is 43.4 Å². The van der Waals surface area contributed by atoms with E-state index in [-0.39, 0.29) is 6.04 Å². The van der Waals surface area contributed by atoms with Gasteiger partial charge in [-0.2, -0.15) is 0 Å². The lowest BCUT2D eigenvalue weighted by atomic mass is 10.0. The Bertz CT molecular complexity index is 637. The molecule has 1 aromatic carbocycles. The van der Waals surface area contributed by atoms with Crippen LogP contribution in [-0.2, 0) is 13.0 Å². The van der Waals surface area contributed by atoms with E-state index >= 15 is 0 Å². The monoisotopic (exact) mass is 285 g/mol. The number of nitrogens with two attached hydrogens (primary N) is 1. The number of aryl methyl sites for hydroxylation is 1. The molecule has 0 spiro atoms. The number of fused-ring (bicyclic) bond motifs is 1. The minimum Gasteiger partial charge on any atom is -0.323 e. The van der Waals surface area contributed by atoms with E-state index in [4.69, 9.17) is 10.7 Å². The maximum Gasteiger partial charge on any atom is 0.127 e. The summed E-state index contributed by atoms with van der Waals surface area (Å²) in [5, 5.41) is 0. The third-order valence-corrected chi connectivity index (χ3v) is 3.74. The second-order valence-corrected chi connectivity index (χ2v) is 6.43. The highest BCUT2D eigenvalue weighted by molar-refractivity contribution is 5.77. The average molecular weight is 285 g/mol. The maximum atomic E-state index is 6.39. The van der Waals surface area contributed by atoms with Gasteiger partial charge in [-0.3, -0.25) is 0 Å². The Kier molecular flexibility index (Phi) is 4.84. The van der Waals surface area contributed by atoms with Crippen LogP contribution >= 0.6 is 0 Å². The summed E-state index contributed by atoms with van der Waals surface area (Å²) in [5.74, 6) is 1.54. The fraction of sp³-hybridized carbons (Fsp3) is 0.500. The van der Waals surface area contributed by atoms with Crippen molar-refractivity contribution in [3.05, 3.63) is 41.7 Å². The van der Waals surface area contributed by atoms with Crippen molar-refractivity contribution >= 4 is 11.0 Å². The van der Waals surface area contributed by atoms with Gasteiger partial charge < -0.3 is 10.3 Å². The van der Waals surface area contributed by atoms with Gasteiger partial charge in [-0.25, -0.2) is 4.98 Å². The van der Waals surface area contributed by atoms with Gasteiger partial charge in [-0.1, -0.05) is 39.0 Å². The van der Waals surface area contributed by atoms with Gasteiger partial charge in [0.1, 0.15) is 5.82 Å². The van der Waals surface area contributed by atoms with Crippen molar-refractivity contribution in [3.63, 3.8) is 0 Å². The highest BCUT2D eigenvalue weighted by Crippen LogP contribution is 2.25. The second kappa shape index (κ2) is 6.44. The summed E-state index contributed by atoms with van der Waals surface area (Å²) in [4.78, 5) is 4.82. The zero-order valence-electron chi connectivity index (χ0n) is 13.7. The maximum absolute atomic E-state index is 6.39. The van der Waals surface area contributed by atoms with Gasteiger partial charge in [0.25, 0.3) is 0 Å². The highest BCUT2D eigenvalue weighted by atomic mass is 15.1. The SMILES string of the molecule is C=C(C)Cn1c(C(N)CC(C)C)nc2cc(CC)ccc21. The zero-order valence-corrected chi connectivity index (χ0v) is 13.7. The van der Waals surface area contributed by atoms with Crippen LogP contribution in [0.2, 0.25) is 0 Å². The Hall–Kier alpha value is -1.61. The topological polar surface area (TPSA) is 43.8 Å². The molecule has 0 aliphatic heterocycles. The number of hydrogen-bond donors (Lipinski definition) is 1. The van der Waals surface area contributed by atoms with E-state index in [1.165, 1.54) is 5.56 Å². The predicted octanol–water partition coefficient (Wildman–Crippen LogP) is 4.22. The Morgan fingerprint density at radius 1 is 1.38 bits per heavy atom. The molecule has 2 N–H and O–H groups in total. The normalized spacial score (nSPS) is 13.0. The first-order valence-corrected chi connectivity index (χ1v) is 7.81. The fourth-order valence-electron chi connectivity index (χ4n) is 2.75. The number of benzene rings is 1. The van der Waals surface area contributed by atoms with E-state index in [2.05, 4.69) is 50.1 Å². The van der Waals surface area contributed by atoms with E-state index in [0.717, 1.165) is 41.8 Å². The van der Waals surface area contributed by atoms with E-state index < -0.39 is 0 Å². The molecule has 0 radical (unpaired) electrons. The Morgan fingerprint density at radius 3 is 2.67 bits per heavy atom. The lowest BCUT2D eigenvalue weighted by Gasteiger charge is -2.16. The first kappa shape index (κ1) is 15.8. The van der Waals surface area contributed by atoms with Crippen LogP contribution in [0.1, 0.15) is 51.5 Å². The molecule has 3 nitrogen and oxygen atoms in total. The van der Waals surface area contributed by atoms with Crippen LogP contribution in [0, 0.1) is 5.92 Å². The van der Waals surface area contributed by atoms with Crippen LogP contribution in [-0.4, -0.2) is 9.55 Å². The fourth-order valence-corrected chi connectivity index (χ4v) is 2.75. The average Bonchev–Trinajstić information content (AvgIpc) is 2.75. The van der Waals surface area contributed by atoms with Crippen LogP contribution < -0.4 is 5.73 Å². The summed E-state index contributed by atoms with van der Waals surface area (Å²) in [6.07, 6.45) is 1.97. The third-order valence-electron chi connectivity index (χ3n) is 3.74. The molecule has 1 unspecified atom stereocenters. The van der Waals surface area contributed by atoms with Gasteiger partial charge in [0.05, 0.1) is 17.1 Å². The summed E-state index contributed by atoms with van der Waals surface area (Å²) in [6.45, 7) is 13.4. The molecule has 114 valence electrons. The van der Waals surface area contributed by atoms with Crippen LogP contribution in [0.15, 0.2) is 30.4 Å². The van der Waals surface area contributed by atoms with Crippen molar-refractivity contribution in [2.24, 2.45) is 11.7 Å². The predicted molar refractivity (Wildman–Crippen MR) is 90.3 cm³/mol. The molecule has 0 amide bonds. The van der Waals surface area contributed by atoms with Crippen LogP contribution in [0.25, 0.3) is 11.0 Å². The van der Waals surface area contributed by atoms with Crippen molar-refractivity contribution < 1.29 is 0 Å². The largest absolute Gasteiger partial charge is 0.323 e. The molecule has 0 saturated heterocycles. The van der Waals surface area contributed by atoms with Crippen LogP contribution in [0.3, 0.4) is 0 Å². The first-order chi connectivity index (χ1) is 9.92. The van der Waals surface area contributed by atoms with Gasteiger partial charge in [0.15, 0.2) is 0 Å². The van der Waals surface area contributed by atoms with E-state index in [1.807, 2.05) is 6.92 Å². The lowest BCUT2D eigenvalue weighted by Crippen LogP contribution is -2.19. The molecule has 1 atom stereocenters. The van der Waals surface area contributed by atoms with Crippen LogP contribution in [0.5, 0.6) is 0 Å². The smallest absolute Gasteiger partial charge is 0.127 e. The van der Waals surface area contributed by atoms with Crippen molar-refractivity contribution in [2.75, 3.05) is 0 Å². The molecule has 21 heavy (non-hydrogen) atoms. The molecule has 0 aliphatic rings. The molecule has 1 aromatic heterocycles. The summed E-state index contributed by atoms with van der Waals surface area (Å²) in [7, 11) is 0. The molecule has 1 heterocycles. The Morgan fingerprint density at radius 2 is 2.10 bits per heavy atom. The van der Waals surface area contributed by atoms with Crippen molar-refractivity contribution in [1.29, 1.82) is 0 Å². The number of allylic oxidation sites excluding steroid dienone is 1. The summed E-state index contributed by atoms with van der Waals surface area (Å²) >= 11 is 0. The summed E-state index contributed by atoms with van der Waals surface area (Å²) in [6, 6.07) is 6.49. The zero-order chi connectivity index (χ0) is 15.6. The van der Waals surface area contributed by atoms with Gasteiger partial charge >= 0.3 is 0 Å². The Balaban J connectivity index is 2.53. The van der Waals surface area contributed by atoms with Gasteiger partial charge in [0.2, 0.25) is 0 Å². The molecule has 0 fully saturated rings. The molecule has 3 heteroatoms.